The number of ether oxygens (including phenoxy) is 1. The molecule has 22 heavy (non-hydrogen) atoms. The van der Waals surface area contributed by atoms with E-state index in [4.69, 9.17) is 16.3 Å². The Balaban J connectivity index is 2.56. The summed E-state index contributed by atoms with van der Waals surface area (Å²) in [6.07, 6.45) is -1.49. The Morgan fingerprint density at radius 1 is 1.23 bits per heavy atom. The number of rotatable bonds is 4. The third kappa shape index (κ3) is 3.59. The van der Waals surface area contributed by atoms with E-state index in [1.807, 2.05) is 0 Å². The molecule has 2 aromatic rings. The lowest BCUT2D eigenvalue weighted by Crippen LogP contribution is -2.22. The van der Waals surface area contributed by atoms with E-state index in [-0.39, 0.29) is 16.4 Å². The van der Waals surface area contributed by atoms with Crippen molar-refractivity contribution in [3.8, 4) is 5.88 Å². The van der Waals surface area contributed by atoms with Gasteiger partial charge in [0.15, 0.2) is 6.61 Å². The number of aliphatic hydroxyl groups is 1. The molecule has 1 atom stereocenters. The largest absolute Gasteiger partial charge is 0.468 e. The molecule has 0 radical (unpaired) electrons. The summed E-state index contributed by atoms with van der Waals surface area (Å²) in [4.78, 5) is 7.73. The molecule has 0 saturated heterocycles. The van der Waals surface area contributed by atoms with Crippen molar-refractivity contribution in [2.75, 3.05) is 6.61 Å². The van der Waals surface area contributed by atoms with E-state index in [0.29, 0.717) is 17.4 Å². The predicted octanol–water partition coefficient (Wildman–Crippen LogP) is 3.84. The van der Waals surface area contributed by atoms with Gasteiger partial charge < -0.3 is 9.84 Å². The van der Waals surface area contributed by atoms with Crippen LogP contribution >= 0.6 is 11.6 Å². The molecule has 0 aromatic carbocycles. The van der Waals surface area contributed by atoms with Crippen molar-refractivity contribution in [1.82, 2.24) is 9.97 Å². The quantitative estimate of drug-likeness (QED) is 0.863. The summed E-state index contributed by atoms with van der Waals surface area (Å²) in [5.74, 6) is -0.202. The highest BCUT2D eigenvalue weighted by molar-refractivity contribution is 6.30. The molecule has 0 aliphatic rings. The maximum Gasteiger partial charge on any atom is 0.422 e. The topological polar surface area (TPSA) is 55.2 Å². The van der Waals surface area contributed by atoms with Crippen LogP contribution in [0.5, 0.6) is 5.88 Å². The summed E-state index contributed by atoms with van der Waals surface area (Å²) in [6, 6.07) is 1.47. The van der Waals surface area contributed by atoms with Gasteiger partial charge in [0.25, 0.3) is 0 Å². The average Bonchev–Trinajstić information content (AvgIpc) is 2.43. The van der Waals surface area contributed by atoms with Gasteiger partial charge >= 0.3 is 6.18 Å². The molecule has 0 aliphatic heterocycles. The number of fused-ring (bicyclic) bond motifs is 1. The van der Waals surface area contributed by atoms with Gasteiger partial charge in [-0.15, -0.1) is 0 Å². The molecule has 0 amide bonds. The van der Waals surface area contributed by atoms with E-state index in [9.17, 15) is 18.3 Å². The minimum atomic E-state index is -4.47. The average molecular weight is 335 g/mol. The number of pyridine rings is 2. The van der Waals surface area contributed by atoms with E-state index in [1.54, 1.807) is 13.8 Å². The molecule has 1 N–H and O–H groups in total. The molecule has 2 rings (SSSR count). The number of nitrogens with zero attached hydrogens (tertiary/aromatic N) is 2. The van der Waals surface area contributed by atoms with Gasteiger partial charge in [0, 0.05) is 18.0 Å². The summed E-state index contributed by atoms with van der Waals surface area (Å²) in [7, 11) is 0. The zero-order valence-electron chi connectivity index (χ0n) is 11.9. The van der Waals surface area contributed by atoms with E-state index in [2.05, 4.69) is 9.97 Å². The van der Waals surface area contributed by atoms with Crippen LogP contribution in [0.1, 0.15) is 25.8 Å². The predicted molar refractivity (Wildman–Crippen MR) is 76.0 cm³/mol. The monoisotopic (exact) mass is 334 g/mol. The third-order valence-electron chi connectivity index (χ3n) is 3.34. The van der Waals surface area contributed by atoms with Crippen molar-refractivity contribution >= 4 is 22.4 Å². The van der Waals surface area contributed by atoms with Crippen LogP contribution in [0, 0.1) is 0 Å². The molecular formula is C14H14ClF3N2O2. The molecule has 0 unspecified atom stereocenters. The number of alkyl halides is 3. The van der Waals surface area contributed by atoms with Crippen LogP contribution in [-0.2, 0) is 5.60 Å². The molecule has 120 valence electrons. The standard InChI is InChI=1S/C14H14ClF3N2O2/c1-3-13(2,21)10-6-20-12(22-7-14(16,17)18)9-5-19-11(15)4-8(9)10/h4-6,21H,3,7H2,1-2H3/t13-/m1/s1. The lowest BCUT2D eigenvalue weighted by Gasteiger charge is -2.24. The summed E-state index contributed by atoms with van der Waals surface area (Å²) in [5, 5.41) is 11.3. The molecule has 0 fully saturated rings. The zero-order chi connectivity index (χ0) is 16.5. The highest BCUT2D eigenvalue weighted by atomic mass is 35.5. The highest BCUT2D eigenvalue weighted by Crippen LogP contribution is 2.35. The van der Waals surface area contributed by atoms with Gasteiger partial charge in [-0.2, -0.15) is 13.2 Å². The Bertz CT molecular complexity index is 690. The summed E-state index contributed by atoms with van der Waals surface area (Å²) >= 11 is 5.85. The van der Waals surface area contributed by atoms with Crippen LogP contribution in [0.25, 0.3) is 10.8 Å². The molecule has 0 aliphatic carbocycles. The van der Waals surface area contributed by atoms with Gasteiger partial charge in [-0.05, 0) is 24.8 Å². The van der Waals surface area contributed by atoms with Crippen LogP contribution in [0.3, 0.4) is 0 Å². The number of aromatic nitrogens is 2. The maximum absolute atomic E-state index is 12.3. The minimum absolute atomic E-state index is 0.161. The third-order valence-corrected chi connectivity index (χ3v) is 3.55. The summed E-state index contributed by atoms with van der Waals surface area (Å²) < 4.78 is 41.6. The fourth-order valence-electron chi connectivity index (χ4n) is 1.97. The highest BCUT2D eigenvalue weighted by Gasteiger charge is 2.30. The lowest BCUT2D eigenvalue weighted by atomic mass is 9.91. The summed E-state index contributed by atoms with van der Waals surface area (Å²) in [6.45, 7) is 1.91. The molecule has 2 aromatic heterocycles. The first-order valence-electron chi connectivity index (χ1n) is 6.50. The lowest BCUT2D eigenvalue weighted by molar-refractivity contribution is -0.153. The van der Waals surface area contributed by atoms with Crippen molar-refractivity contribution in [3.05, 3.63) is 29.2 Å². The van der Waals surface area contributed by atoms with Crippen molar-refractivity contribution in [2.24, 2.45) is 0 Å². The fourth-order valence-corrected chi connectivity index (χ4v) is 2.13. The van der Waals surface area contributed by atoms with Crippen molar-refractivity contribution < 1.29 is 23.0 Å². The molecule has 0 saturated carbocycles. The van der Waals surface area contributed by atoms with Gasteiger partial charge in [-0.3, -0.25) is 0 Å². The maximum atomic E-state index is 12.3. The van der Waals surface area contributed by atoms with E-state index in [0.717, 1.165) is 0 Å². The van der Waals surface area contributed by atoms with Gasteiger partial charge in [0.1, 0.15) is 5.15 Å². The van der Waals surface area contributed by atoms with E-state index >= 15 is 0 Å². The molecule has 4 nitrogen and oxygen atoms in total. The Labute approximate surface area is 129 Å². The molecule has 2 heterocycles. The van der Waals surface area contributed by atoms with Crippen molar-refractivity contribution in [2.45, 2.75) is 32.0 Å². The Morgan fingerprint density at radius 2 is 1.91 bits per heavy atom. The second-order valence-electron chi connectivity index (χ2n) is 5.06. The van der Waals surface area contributed by atoms with Crippen LogP contribution in [0.2, 0.25) is 5.15 Å². The minimum Gasteiger partial charge on any atom is -0.468 e. The fraction of sp³-hybridized carbons (Fsp3) is 0.429. The first-order valence-corrected chi connectivity index (χ1v) is 6.88. The zero-order valence-corrected chi connectivity index (χ0v) is 12.7. The molecule has 0 spiro atoms. The number of halogens is 4. The SMILES string of the molecule is CC[C@@](C)(O)c1cnc(OCC(F)(F)F)c2cnc(Cl)cc12. The van der Waals surface area contributed by atoms with Crippen LogP contribution in [0.4, 0.5) is 13.2 Å². The second-order valence-corrected chi connectivity index (χ2v) is 5.45. The first-order chi connectivity index (χ1) is 10.1. The molecule has 0 bridgehead atoms. The van der Waals surface area contributed by atoms with E-state index < -0.39 is 18.4 Å². The Morgan fingerprint density at radius 3 is 2.50 bits per heavy atom. The first kappa shape index (κ1) is 16.8. The Kier molecular flexibility index (Phi) is 4.49. The van der Waals surface area contributed by atoms with Gasteiger partial charge in [0.2, 0.25) is 5.88 Å². The second kappa shape index (κ2) is 5.89. The number of hydrogen-bond donors (Lipinski definition) is 1. The van der Waals surface area contributed by atoms with Crippen LogP contribution < -0.4 is 4.74 Å². The van der Waals surface area contributed by atoms with Gasteiger partial charge in [0.05, 0.1) is 11.0 Å². The Hall–Kier alpha value is -1.60. The number of hydrogen-bond acceptors (Lipinski definition) is 4. The van der Waals surface area contributed by atoms with Gasteiger partial charge in [-0.1, -0.05) is 18.5 Å². The molecule has 8 heteroatoms. The van der Waals surface area contributed by atoms with Crippen molar-refractivity contribution in [3.63, 3.8) is 0 Å². The smallest absolute Gasteiger partial charge is 0.422 e. The molecular weight excluding hydrogens is 321 g/mol. The van der Waals surface area contributed by atoms with Crippen LogP contribution in [-0.4, -0.2) is 27.9 Å². The van der Waals surface area contributed by atoms with Crippen molar-refractivity contribution in [1.29, 1.82) is 0 Å². The van der Waals surface area contributed by atoms with Crippen LogP contribution in [0.15, 0.2) is 18.5 Å². The normalized spacial score (nSPS) is 14.9. The van der Waals surface area contributed by atoms with E-state index in [1.165, 1.54) is 18.5 Å². The van der Waals surface area contributed by atoms with Gasteiger partial charge in [-0.25, -0.2) is 9.97 Å². The summed E-state index contributed by atoms with van der Waals surface area (Å²) in [5.41, 5.74) is -0.743.